The van der Waals surface area contributed by atoms with Gasteiger partial charge in [-0.25, -0.2) is 0 Å². The first-order valence-electron chi connectivity index (χ1n) is 5.62. The van der Waals surface area contributed by atoms with Gasteiger partial charge in [-0.15, -0.1) is 0 Å². The summed E-state index contributed by atoms with van der Waals surface area (Å²) in [6, 6.07) is 0. The van der Waals surface area contributed by atoms with E-state index in [4.69, 9.17) is 0 Å². The first kappa shape index (κ1) is 9.85. The van der Waals surface area contributed by atoms with Crippen molar-refractivity contribution in [2.24, 2.45) is 11.8 Å². The van der Waals surface area contributed by atoms with Crippen LogP contribution in [0, 0.1) is 11.8 Å². The van der Waals surface area contributed by atoms with Gasteiger partial charge >= 0.3 is 0 Å². The highest BCUT2D eigenvalue weighted by molar-refractivity contribution is 7.99. The normalized spacial score (nSPS) is 28.4. The van der Waals surface area contributed by atoms with Crippen LogP contribution in [0.5, 0.6) is 0 Å². The van der Waals surface area contributed by atoms with Crippen LogP contribution in [0.3, 0.4) is 0 Å². The van der Waals surface area contributed by atoms with Gasteiger partial charge in [-0.3, -0.25) is 0 Å². The molecule has 1 unspecified atom stereocenters. The van der Waals surface area contributed by atoms with Crippen molar-refractivity contribution < 1.29 is 5.11 Å². The van der Waals surface area contributed by atoms with E-state index >= 15 is 0 Å². The third-order valence-electron chi connectivity index (χ3n) is 3.61. The predicted molar refractivity (Wildman–Crippen MR) is 58.0 cm³/mol. The van der Waals surface area contributed by atoms with Gasteiger partial charge in [-0.1, -0.05) is 6.42 Å². The van der Waals surface area contributed by atoms with E-state index in [2.05, 4.69) is 11.8 Å². The summed E-state index contributed by atoms with van der Waals surface area (Å²) in [5.41, 5.74) is 0. The lowest BCUT2D eigenvalue weighted by Crippen LogP contribution is -2.29. The van der Waals surface area contributed by atoms with Gasteiger partial charge in [-0.2, -0.15) is 11.8 Å². The molecule has 1 saturated carbocycles. The van der Waals surface area contributed by atoms with E-state index in [1.165, 1.54) is 43.6 Å². The molecule has 2 rings (SSSR count). The van der Waals surface area contributed by atoms with E-state index in [1.54, 1.807) is 0 Å². The fourth-order valence-electron chi connectivity index (χ4n) is 2.34. The first-order chi connectivity index (χ1) is 6.36. The summed E-state index contributed by atoms with van der Waals surface area (Å²) in [5.74, 6) is 4.14. The van der Waals surface area contributed by atoms with Crippen LogP contribution in [-0.2, 0) is 0 Å². The van der Waals surface area contributed by atoms with Gasteiger partial charge < -0.3 is 5.11 Å². The molecule has 0 radical (unpaired) electrons. The SMILES string of the molecule is OC(CC1CCSCC1)C1CCC1. The van der Waals surface area contributed by atoms with Crippen LogP contribution in [0.2, 0.25) is 0 Å². The van der Waals surface area contributed by atoms with E-state index in [0.29, 0.717) is 5.92 Å². The molecule has 0 aromatic carbocycles. The summed E-state index contributed by atoms with van der Waals surface area (Å²) in [6.07, 6.45) is 7.71. The molecule has 1 aliphatic heterocycles. The van der Waals surface area contributed by atoms with Crippen LogP contribution in [0.1, 0.15) is 38.5 Å². The Hall–Kier alpha value is 0.310. The second kappa shape index (κ2) is 4.70. The predicted octanol–water partition coefficient (Wildman–Crippen LogP) is 2.68. The van der Waals surface area contributed by atoms with Gasteiger partial charge in [0.2, 0.25) is 0 Å². The minimum absolute atomic E-state index is 0.0295. The van der Waals surface area contributed by atoms with Crippen molar-refractivity contribution in [3.05, 3.63) is 0 Å². The topological polar surface area (TPSA) is 20.2 Å². The van der Waals surface area contributed by atoms with E-state index in [1.807, 2.05) is 0 Å². The number of aliphatic hydroxyl groups excluding tert-OH is 1. The van der Waals surface area contributed by atoms with Crippen molar-refractivity contribution >= 4 is 11.8 Å². The monoisotopic (exact) mass is 200 g/mol. The molecule has 1 saturated heterocycles. The third-order valence-corrected chi connectivity index (χ3v) is 4.66. The lowest BCUT2D eigenvalue weighted by molar-refractivity contribution is 0.0411. The summed E-state index contributed by atoms with van der Waals surface area (Å²) in [5, 5.41) is 9.91. The van der Waals surface area contributed by atoms with Gasteiger partial charge in [-0.05, 0) is 55.4 Å². The summed E-state index contributed by atoms with van der Waals surface area (Å²) < 4.78 is 0. The van der Waals surface area contributed by atoms with Gasteiger partial charge in [0, 0.05) is 0 Å². The molecule has 76 valence electrons. The molecule has 13 heavy (non-hydrogen) atoms. The van der Waals surface area contributed by atoms with Crippen molar-refractivity contribution in [2.75, 3.05) is 11.5 Å². The Kier molecular flexibility index (Phi) is 3.56. The molecule has 0 spiro atoms. The molecule has 1 heterocycles. The van der Waals surface area contributed by atoms with Crippen molar-refractivity contribution in [2.45, 2.75) is 44.6 Å². The third kappa shape index (κ3) is 2.63. The van der Waals surface area contributed by atoms with Crippen molar-refractivity contribution in [1.29, 1.82) is 0 Å². The zero-order valence-corrected chi connectivity index (χ0v) is 9.06. The average Bonchev–Trinajstić information content (AvgIpc) is 2.02. The van der Waals surface area contributed by atoms with Crippen LogP contribution in [0.4, 0.5) is 0 Å². The van der Waals surface area contributed by atoms with Crippen molar-refractivity contribution in [1.82, 2.24) is 0 Å². The summed E-state index contributed by atoms with van der Waals surface area (Å²) >= 11 is 2.07. The van der Waals surface area contributed by atoms with Gasteiger partial charge in [0.05, 0.1) is 6.10 Å². The Morgan fingerprint density at radius 3 is 2.38 bits per heavy atom. The van der Waals surface area contributed by atoms with Crippen LogP contribution in [-0.4, -0.2) is 22.7 Å². The molecule has 0 aromatic heterocycles. The van der Waals surface area contributed by atoms with E-state index in [0.717, 1.165) is 12.3 Å². The zero-order valence-electron chi connectivity index (χ0n) is 8.24. The van der Waals surface area contributed by atoms with E-state index in [9.17, 15) is 5.11 Å². The lowest BCUT2D eigenvalue weighted by atomic mass is 9.77. The van der Waals surface area contributed by atoms with Gasteiger partial charge in [0.1, 0.15) is 0 Å². The fourth-order valence-corrected chi connectivity index (χ4v) is 3.54. The Bertz CT molecular complexity index is 150. The maximum absolute atomic E-state index is 9.91. The molecule has 1 atom stereocenters. The molecule has 1 nitrogen and oxygen atoms in total. The molecule has 1 aliphatic carbocycles. The standard InChI is InChI=1S/C11H20OS/c12-11(10-2-1-3-10)8-9-4-6-13-7-5-9/h9-12H,1-8H2. The van der Waals surface area contributed by atoms with Crippen molar-refractivity contribution in [3.8, 4) is 0 Å². The highest BCUT2D eigenvalue weighted by atomic mass is 32.2. The van der Waals surface area contributed by atoms with Crippen LogP contribution in [0.25, 0.3) is 0 Å². The van der Waals surface area contributed by atoms with Crippen LogP contribution < -0.4 is 0 Å². The number of hydrogen-bond acceptors (Lipinski definition) is 2. The molecule has 1 N–H and O–H groups in total. The second-order valence-corrected chi connectivity index (χ2v) is 5.77. The van der Waals surface area contributed by atoms with Gasteiger partial charge in [0.15, 0.2) is 0 Å². The van der Waals surface area contributed by atoms with E-state index < -0.39 is 0 Å². The minimum Gasteiger partial charge on any atom is -0.393 e. The maximum Gasteiger partial charge on any atom is 0.0571 e. The lowest BCUT2D eigenvalue weighted by Gasteiger charge is -2.33. The quantitative estimate of drug-likeness (QED) is 0.756. The van der Waals surface area contributed by atoms with Crippen molar-refractivity contribution in [3.63, 3.8) is 0 Å². The summed E-state index contributed by atoms with van der Waals surface area (Å²) in [7, 11) is 0. The largest absolute Gasteiger partial charge is 0.393 e. The Morgan fingerprint density at radius 1 is 1.15 bits per heavy atom. The molecule has 0 amide bonds. The molecule has 0 aromatic rings. The Morgan fingerprint density at radius 2 is 1.85 bits per heavy atom. The zero-order chi connectivity index (χ0) is 9.10. The number of thioether (sulfide) groups is 1. The smallest absolute Gasteiger partial charge is 0.0571 e. The van der Waals surface area contributed by atoms with Crippen LogP contribution >= 0.6 is 11.8 Å². The molecular weight excluding hydrogens is 180 g/mol. The molecule has 2 aliphatic rings. The summed E-state index contributed by atoms with van der Waals surface area (Å²) in [6.45, 7) is 0. The van der Waals surface area contributed by atoms with E-state index in [-0.39, 0.29) is 6.10 Å². The number of rotatable bonds is 3. The van der Waals surface area contributed by atoms with Crippen LogP contribution in [0.15, 0.2) is 0 Å². The second-order valence-electron chi connectivity index (χ2n) is 4.55. The minimum atomic E-state index is 0.0295. The molecule has 0 bridgehead atoms. The number of aliphatic hydroxyl groups is 1. The molecule has 2 fully saturated rings. The molecule has 2 heteroatoms. The Balaban J connectivity index is 1.69. The highest BCUT2D eigenvalue weighted by Gasteiger charge is 2.28. The Labute approximate surface area is 85.3 Å². The maximum atomic E-state index is 9.91. The fraction of sp³-hybridized carbons (Fsp3) is 1.00. The first-order valence-corrected chi connectivity index (χ1v) is 6.77. The average molecular weight is 200 g/mol. The summed E-state index contributed by atoms with van der Waals surface area (Å²) in [4.78, 5) is 0. The highest BCUT2D eigenvalue weighted by Crippen LogP contribution is 2.34. The number of hydrogen-bond donors (Lipinski definition) is 1. The molecular formula is C11H20OS. The van der Waals surface area contributed by atoms with Gasteiger partial charge in [0.25, 0.3) is 0 Å².